The average molecular weight is 451 g/mol. The molecule has 32 heavy (non-hydrogen) atoms. The van der Waals surface area contributed by atoms with Gasteiger partial charge in [0.05, 0.1) is 11.7 Å². The van der Waals surface area contributed by atoms with Crippen LogP contribution in [0.15, 0.2) is 70.3 Å². The number of hydrogen-bond donors (Lipinski definition) is 1. The van der Waals surface area contributed by atoms with Crippen LogP contribution in [0.2, 0.25) is 0 Å². The Balaban J connectivity index is 0.00000249. The van der Waals surface area contributed by atoms with E-state index in [1.807, 2.05) is 59.3 Å². The highest BCUT2D eigenvalue weighted by atomic mass is 32.2. The number of nitrogens with zero attached hydrogens (tertiary/aromatic N) is 3. The minimum Gasteiger partial charge on any atom is -0.347 e. The summed E-state index contributed by atoms with van der Waals surface area (Å²) in [7, 11) is 0. The van der Waals surface area contributed by atoms with Gasteiger partial charge in [-0.15, -0.1) is 0 Å². The van der Waals surface area contributed by atoms with Crippen LogP contribution in [0.1, 0.15) is 64.8 Å². The number of hydrogen-bond acceptors (Lipinski definition) is 4. The minimum atomic E-state index is -0.0528. The van der Waals surface area contributed by atoms with Crippen molar-refractivity contribution in [1.29, 1.82) is 0 Å². The topological polar surface area (TPSA) is 50.2 Å². The quantitative estimate of drug-likeness (QED) is 0.332. The fraction of sp³-hybridized carbons (Fsp3) is 0.370. The highest BCUT2D eigenvalue weighted by molar-refractivity contribution is 8.06. The number of amidine groups is 1. The summed E-state index contributed by atoms with van der Waals surface area (Å²) in [5, 5.41) is 3.36. The highest BCUT2D eigenvalue weighted by Gasteiger charge is 2.14. The minimum absolute atomic E-state index is 0.0528. The van der Waals surface area contributed by atoms with Crippen molar-refractivity contribution in [2.75, 3.05) is 0 Å². The van der Waals surface area contributed by atoms with Crippen molar-refractivity contribution >= 4 is 17.6 Å². The Kier molecular flexibility index (Phi) is 12.3. The molecule has 0 saturated heterocycles. The molecule has 1 N–H and O–H groups in total. The van der Waals surface area contributed by atoms with Crippen LogP contribution in [0.5, 0.6) is 0 Å². The van der Waals surface area contributed by atoms with E-state index in [0.29, 0.717) is 0 Å². The van der Waals surface area contributed by atoms with Crippen LogP contribution < -0.4 is 5.32 Å². The molecule has 172 valence electrons. The Bertz CT molecular complexity index is 956. The van der Waals surface area contributed by atoms with Gasteiger partial charge in [-0.05, 0) is 69.8 Å². The number of rotatable bonds is 8. The maximum absolute atomic E-state index is 4.96. The second kappa shape index (κ2) is 14.4. The maximum Gasteiger partial charge on any atom is 0.134 e. The van der Waals surface area contributed by atoms with Crippen molar-refractivity contribution in [1.82, 2.24) is 15.3 Å². The van der Waals surface area contributed by atoms with Gasteiger partial charge < -0.3 is 5.32 Å². The van der Waals surface area contributed by atoms with E-state index in [-0.39, 0.29) is 6.04 Å². The second-order valence-corrected chi connectivity index (χ2v) is 8.53. The molecule has 1 atom stereocenters. The molecule has 0 saturated carbocycles. The molecule has 4 nitrogen and oxygen atoms in total. The number of allylic oxidation sites excluding steroid dienone is 3. The Morgan fingerprint density at radius 2 is 1.94 bits per heavy atom. The van der Waals surface area contributed by atoms with Gasteiger partial charge in [0.2, 0.25) is 0 Å². The number of thioether (sulfide) groups is 1. The summed E-state index contributed by atoms with van der Waals surface area (Å²) in [6.07, 6.45) is 10.8. The molecule has 0 amide bonds. The van der Waals surface area contributed by atoms with Crippen LogP contribution in [0.4, 0.5) is 0 Å². The largest absolute Gasteiger partial charge is 0.347 e. The van der Waals surface area contributed by atoms with Gasteiger partial charge in [-0.1, -0.05) is 57.3 Å². The Morgan fingerprint density at radius 3 is 2.53 bits per heavy atom. The molecule has 0 aliphatic rings. The van der Waals surface area contributed by atoms with Crippen LogP contribution in [0.25, 0.3) is 11.3 Å². The van der Waals surface area contributed by atoms with E-state index in [1.165, 1.54) is 4.91 Å². The summed E-state index contributed by atoms with van der Waals surface area (Å²) in [5.41, 5.74) is 4.87. The first-order chi connectivity index (χ1) is 15.3. The van der Waals surface area contributed by atoms with Gasteiger partial charge in [-0.3, -0.25) is 15.0 Å². The first kappa shape index (κ1) is 27.4. The van der Waals surface area contributed by atoms with Crippen molar-refractivity contribution in [3.63, 3.8) is 0 Å². The van der Waals surface area contributed by atoms with E-state index in [1.54, 1.807) is 11.8 Å². The first-order valence-corrected chi connectivity index (χ1v) is 12.1. The van der Waals surface area contributed by atoms with Crippen LogP contribution in [0, 0.1) is 13.8 Å². The standard InChI is InChI=1S/C25H32N4S.C2H6/c1-8-10-13-26-25(29-19(5)21(7)30-18(4)9-2)23-14-22(16-27-20(23)6)24-12-11-17(3)15-28-24;1-2/h9-16,19H,7-8H2,1-6H3,(H,26,29);1-2H3/b13-10+,18-9-;. The lowest BCUT2D eigenvalue weighted by atomic mass is 10.1. The Labute approximate surface area is 199 Å². The Hall–Kier alpha value is -2.66. The zero-order valence-corrected chi connectivity index (χ0v) is 21.7. The fourth-order valence-electron chi connectivity index (χ4n) is 2.61. The summed E-state index contributed by atoms with van der Waals surface area (Å²) in [6, 6.07) is 6.13. The monoisotopic (exact) mass is 450 g/mol. The van der Waals surface area contributed by atoms with Crippen LogP contribution in [0.3, 0.4) is 0 Å². The van der Waals surface area contributed by atoms with Crippen molar-refractivity contribution < 1.29 is 0 Å². The van der Waals surface area contributed by atoms with Crippen LogP contribution in [-0.4, -0.2) is 21.8 Å². The summed E-state index contributed by atoms with van der Waals surface area (Å²) in [5.74, 6) is 0.783. The van der Waals surface area contributed by atoms with Gasteiger partial charge in [0.15, 0.2) is 0 Å². The van der Waals surface area contributed by atoms with Gasteiger partial charge in [0.1, 0.15) is 5.84 Å². The molecule has 2 aromatic rings. The number of aromatic nitrogens is 2. The van der Waals surface area contributed by atoms with Crippen molar-refractivity contribution in [3.05, 3.63) is 82.2 Å². The summed E-state index contributed by atoms with van der Waals surface area (Å²) < 4.78 is 0. The zero-order chi connectivity index (χ0) is 24.1. The van der Waals surface area contributed by atoms with Gasteiger partial charge in [0, 0.05) is 34.1 Å². The molecule has 5 heteroatoms. The molecule has 0 aliphatic carbocycles. The zero-order valence-electron chi connectivity index (χ0n) is 20.9. The normalized spacial score (nSPS) is 12.9. The lowest BCUT2D eigenvalue weighted by Gasteiger charge is -2.16. The molecule has 0 bridgehead atoms. The van der Waals surface area contributed by atoms with E-state index in [2.05, 4.69) is 66.9 Å². The smallest absolute Gasteiger partial charge is 0.134 e. The number of pyridine rings is 2. The third kappa shape index (κ3) is 8.46. The van der Waals surface area contributed by atoms with Crippen molar-refractivity contribution in [3.8, 4) is 11.3 Å². The van der Waals surface area contributed by atoms with E-state index in [0.717, 1.165) is 45.2 Å². The van der Waals surface area contributed by atoms with Crippen LogP contribution in [-0.2, 0) is 0 Å². The molecular formula is C27H38N4S. The summed E-state index contributed by atoms with van der Waals surface area (Å²) in [4.78, 5) is 16.3. The first-order valence-electron chi connectivity index (χ1n) is 11.2. The lowest BCUT2D eigenvalue weighted by molar-refractivity contribution is 0.903. The molecule has 2 rings (SSSR count). The average Bonchev–Trinajstić information content (AvgIpc) is 2.80. The van der Waals surface area contributed by atoms with Gasteiger partial charge in [-0.2, -0.15) is 0 Å². The maximum atomic E-state index is 4.96. The summed E-state index contributed by atoms with van der Waals surface area (Å²) in [6.45, 7) is 20.5. The molecule has 0 aliphatic heterocycles. The van der Waals surface area contributed by atoms with E-state index in [9.17, 15) is 0 Å². The molecule has 2 heterocycles. The fourth-order valence-corrected chi connectivity index (χ4v) is 3.36. The van der Waals surface area contributed by atoms with Crippen molar-refractivity contribution in [2.24, 2.45) is 4.99 Å². The highest BCUT2D eigenvalue weighted by Crippen LogP contribution is 2.28. The third-order valence-corrected chi connectivity index (χ3v) is 5.77. The molecule has 2 aromatic heterocycles. The second-order valence-electron chi connectivity index (χ2n) is 7.15. The number of nitrogens with one attached hydrogen (secondary N) is 1. The van der Waals surface area contributed by atoms with Gasteiger partial charge in [0.25, 0.3) is 0 Å². The van der Waals surface area contributed by atoms with Gasteiger partial charge in [-0.25, -0.2) is 0 Å². The van der Waals surface area contributed by atoms with Gasteiger partial charge >= 0.3 is 0 Å². The molecule has 0 radical (unpaired) electrons. The Morgan fingerprint density at radius 1 is 1.22 bits per heavy atom. The molecule has 0 aromatic carbocycles. The van der Waals surface area contributed by atoms with E-state index < -0.39 is 0 Å². The van der Waals surface area contributed by atoms with E-state index >= 15 is 0 Å². The predicted octanol–water partition coefficient (Wildman–Crippen LogP) is 7.61. The predicted molar refractivity (Wildman–Crippen MR) is 143 cm³/mol. The molecule has 0 spiro atoms. The number of aryl methyl sites for hydroxylation is 2. The number of aliphatic imine (C=N–C) groups is 1. The van der Waals surface area contributed by atoms with Crippen molar-refractivity contribution in [2.45, 2.75) is 67.9 Å². The van der Waals surface area contributed by atoms with E-state index in [4.69, 9.17) is 4.99 Å². The van der Waals surface area contributed by atoms with Crippen LogP contribution >= 0.6 is 11.8 Å². The lowest BCUT2D eigenvalue weighted by Crippen LogP contribution is -2.23. The molecular weight excluding hydrogens is 412 g/mol. The SMILES string of the molecule is C=C(S/C(C)=C\C)C(C)N=C(N/C=C/CC)c1cc(-c2ccc(C)cn2)cnc1C.CC. The molecule has 1 unspecified atom stereocenters. The third-order valence-electron chi connectivity index (χ3n) is 4.61. The summed E-state index contributed by atoms with van der Waals surface area (Å²) >= 11 is 1.67. The molecule has 0 fully saturated rings.